The van der Waals surface area contributed by atoms with Gasteiger partial charge >= 0.3 is 0 Å². The Balaban J connectivity index is 1.96. The quantitative estimate of drug-likeness (QED) is 0.644. The number of rotatable bonds is 7. The largest absolute Gasteiger partial charge is 0.503 e. The van der Waals surface area contributed by atoms with Gasteiger partial charge < -0.3 is 24.6 Å². The first kappa shape index (κ1) is 21.6. The Labute approximate surface area is 170 Å². The van der Waals surface area contributed by atoms with Crippen LogP contribution in [0.2, 0.25) is 0 Å². The molecule has 1 aromatic heterocycles. The van der Waals surface area contributed by atoms with E-state index in [1.807, 2.05) is 19.0 Å². The summed E-state index contributed by atoms with van der Waals surface area (Å²) in [4.78, 5) is 38.5. The van der Waals surface area contributed by atoms with Gasteiger partial charge in [-0.15, -0.1) is 0 Å². The van der Waals surface area contributed by atoms with Crippen molar-refractivity contribution in [2.24, 2.45) is 0 Å². The fourth-order valence-electron chi connectivity index (χ4n) is 3.45. The zero-order valence-corrected chi connectivity index (χ0v) is 16.4. The molecule has 8 nitrogen and oxygen atoms in total. The molecule has 1 aromatic carbocycles. The number of amides is 1. The van der Waals surface area contributed by atoms with Gasteiger partial charge in [0.1, 0.15) is 28.4 Å². The monoisotopic (exact) mass is 421 g/mol. The first-order valence-corrected chi connectivity index (χ1v) is 9.07. The summed E-state index contributed by atoms with van der Waals surface area (Å²) in [5.74, 6) is -3.32. The van der Waals surface area contributed by atoms with Crippen LogP contribution >= 0.6 is 0 Å². The molecule has 1 aliphatic heterocycles. The van der Waals surface area contributed by atoms with Gasteiger partial charge in [0.25, 0.3) is 5.91 Å². The maximum atomic E-state index is 13.8. The molecule has 2 N–H and O–H groups in total. The number of aromatic hydroxyl groups is 1. The van der Waals surface area contributed by atoms with E-state index in [0.717, 1.165) is 6.07 Å². The SMILES string of the molecule is CN(C)CC1(n2cc(C(=O)NCc3ccc(F)cc3F)c(=O)c(O)c2C=O)COC1. The van der Waals surface area contributed by atoms with Crippen molar-refractivity contribution < 1.29 is 28.2 Å². The summed E-state index contributed by atoms with van der Waals surface area (Å²) in [6.07, 6.45) is 1.55. The van der Waals surface area contributed by atoms with Gasteiger partial charge in [0.15, 0.2) is 12.0 Å². The molecular formula is C20H21F2N3O5. The summed E-state index contributed by atoms with van der Waals surface area (Å²) >= 11 is 0. The molecule has 30 heavy (non-hydrogen) atoms. The van der Waals surface area contributed by atoms with Crippen molar-refractivity contribution in [3.05, 3.63) is 63.1 Å². The maximum absolute atomic E-state index is 13.8. The molecule has 3 rings (SSSR count). The number of hydrogen-bond donors (Lipinski definition) is 2. The Morgan fingerprint density at radius 3 is 2.60 bits per heavy atom. The molecule has 0 bridgehead atoms. The van der Waals surface area contributed by atoms with Crippen molar-refractivity contribution >= 4 is 12.2 Å². The molecule has 1 saturated heterocycles. The van der Waals surface area contributed by atoms with E-state index in [2.05, 4.69) is 5.32 Å². The Morgan fingerprint density at radius 1 is 1.37 bits per heavy atom. The molecule has 1 fully saturated rings. The first-order chi connectivity index (χ1) is 14.2. The number of aromatic nitrogens is 1. The van der Waals surface area contributed by atoms with Gasteiger partial charge in [-0.25, -0.2) is 8.78 Å². The lowest BCUT2D eigenvalue weighted by molar-refractivity contribution is -0.111. The van der Waals surface area contributed by atoms with E-state index in [-0.39, 0.29) is 31.0 Å². The lowest BCUT2D eigenvalue weighted by atomic mass is 9.94. The highest BCUT2D eigenvalue weighted by Gasteiger charge is 2.43. The molecule has 1 aliphatic rings. The molecule has 0 aliphatic carbocycles. The lowest BCUT2D eigenvalue weighted by Crippen LogP contribution is -2.58. The molecule has 160 valence electrons. The first-order valence-electron chi connectivity index (χ1n) is 9.07. The highest BCUT2D eigenvalue weighted by molar-refractivity contribution is 5.95. The second-order valence-corrected chi connectivity index (χ2v) is 7.47. The fraction of sp³-hybridized carbons (Fsp3) is 0.350. The van der Waals surface area contributed by atoms with Crippen LogP contribution in [0.25, 0.3) is 0 Å². The molecule has 0 saturated carbocycles. The zero-order chi connectivity index (χ0) is 22.1. The van der Waals surface area contributed by atoms with Crippen LogP contribution in [-0.4, -0.2) is 60.6 Å². The van der Waals surface area contributed by atoms with Crippen molar-refractivity contribution in [2.45, 2.75) is 12.1 Å². The normalized spacial score (nSPS) is 15.0. The van der Waals surface area contributed by atoms with E-state index >= 15 is 0 Å². The number of carbonyl (C=O) groups excluding carboxylic acids is 2. The van der Waals surface area contributed by atoms with Crippen molar-refractivity contribution in [1.29, 1.82) is 0 Å². The van der Waals surface area contributed by atoms with Crippen LogP contribution in [0, 0.1) is 11.6 Å². The van der Waals surface area contributed by atoms with Gasteiger partial charge in [-0.2, -0.15) is 0 Å². The standard InChI is InChI=1S/C20H21F2N3O5/c1-24(2)9-20(10-30-11-20)25-7-14(17(27)18(28)16(25)8-26)19(29)23-6-12-3-4-13(21)5-15(12)22/h3-5,7-8,28H,6,9-11H2,1-2H3,(H,23,29). The third-order valence-electron chi connectivity index (χ3n) is 4.89. The van der Waals surface area contributed by atoms with Gasteiger partial charge in [0.2, 0.25) is 5.43 Å². The predicted octanol–water partition coefficient (Wildman–Crippen LogP) is 0.862. The molecule has 0 radical (unpaired) electrons. The van der Waals surface area contributed by atoms with Crippen molar-refractivity contribution in [2.75, 3.05) is 33.9 Å². The number of carbonyl (C=O) groups is 2. The summed E-state index contributed by atoms with van der Waals surface area (Å²) < 4.78 is 33.5. The second kappa shape index (κ2) is 8.33. The summed E-state index contributed by atoms with van der Waals surface area (Å²) in [7, 11) is 3.63. The Bertz CT molecular complexity index is 1050. The number of aldehydes is 1. The summed E-state index contributed by atoms with van der Waals surface area (Å²) in [5, 5.41) is 12.7. The zero-order valence-electron chi connectivity index (χ0n) is 16.4. The van der Waals surface area contributed by atoms with Gasteiger partial charge in [0, 0.05) is 30.9 Å². The van der Waals surface area contributed by atoms with Crippen LogP contribution in [-0.2, 0) is 16.8 Å². The molecule has 0 unspecified atom stereocenters. The van der Waals surface area contributed by atoms with Crippen LogP contribution in [0.3, 0.4) is 0 Å². The van der Waals surface area contributed by atoms with E-state index in [9.17, 15) is 28.3 Å². The number of pyridine rings is 1. The summed E-state index contributed by atoms with van der Waals surface area (Å²) in [5.41, 5.74) is -2.42. The van der Waals surface area contributed by atoms with Gasteiger partial charge in [-0.3, -0.25) is 14.4 Å². The Kier molecular flexibility index (Phi) is 5.99. The summed E-state index contributed by atoms with van der Waals surface area (Å²) in [6, 6.07) is 2.90. The number of ether oxygens (including phenoxy) is 1. The number of nitrogens with one attached hydrogen (secondary N) is 1. The third-order valence-corrected chi connectivity index (χ3v) is 4.89. The van der Waals surface area contributed by atoms with Crippen LogP contribution in [0.1, 0.15) is 26.4 Å². The van der Waals surface area contributed by atoms with Crippen LogP contribution in [0.5, 0.6) is 5.75 Å². The average Bonchev–Trinajstić information content (AvgIpc) is 2.65. The van der Waals surface area contributed by atoms with Crippen LogP contribution in [0.4, 0.5) is 8.78 Å². The number of benzene rings is 1. The van der Waals surface area contributed by atoms with E-state index in [1.165, 1.54) is 16.8 Å². The average molecular weight is 421 g/mol. The Morgan fingerprint density at radius 2 is 2.07 bits per heavy atom. The van der Waals surface area contributed by atoms with Crippen molar-refractivity contribution in [3.8, 4) is 5.75 Å². The minimum absolute atomic E-state index is 0.0234. The highest BCUT2D eigenvalue weighted by atomic mass is 19.1. The number of nitrogens with zero attached hydrogens (tertiary/aromatic N) is 2. The molecule has 0 spiro atoms. The van der Waals surface area contributed by atoms with Gasteiger partial charge in [-0.05, 0) is 20.2 Å². The van der Waals surface area contributed by atoms with E-state index in [0.29, 0.717) is 18.9 Å². The minimum atomic E-state index is -1.02. The molecule has 1 amide bonds. The maximum Gasteiger partial charge on any atom is 0.257 e. The molecule has 0 atom stereocenters. The third kappa shape index (κ3) is 3.96. The van der Waals surface area contributed by atoms with E-state index < -0.39 is 39.8 Å². The lowest BCUT2D eigenvalue weighted by Gasteiger charge is -2.45. The predicted molar refractivity (Wildman–Crippen MR) is 103 cm³/mol. The topological polar surface area (TPSA) is 101 Å². The fourth-order valence-corrected chi connectivity index (χ4v) is 3.45. The van der Waals surface area contributed by atoms with E-state index in [1.54, 1.807) is 0 Å². The van der Waals surface area contributed by atoms with Crippen LogP contribution < -0.4 is 10.7 Å². The van der Waals surface area contributed by atoms with Gasteiger partial charge in [0.05, 0.1) is 13.2 Å². The van der Waals surface area contributed by atoms with Crippen LogP contribution in [0.15, 0.2) is 29.2 Å². The van der Waals surface area contributed by atoms with Crippen molar-refractivity contribution in [3.63, 3.8) is 0 Å². The second-order valence-electron chi connectivity index (χ2n) is 7.47. The smallest absolute Gasteiger partial charge is 0.257 e. The molecule has 2 aromatic rings. The van der Waals surface area contributed by atoms with Gasteiger partial charge in [-0.1, -0.05) is 6.07 Å². The van der Waals surface area contributed by atoms with Crippen molar-refractivity contribution in [1.82, 2.24) is 14.8 Å². The minimum Gasteiger partial charge on any atom is -0.503 e. The number of hydrogen-bond acceptors (Lipinski definition) is 6. The molecule has 2 heterocycles. The summed E-state index contributed by atoms with van der Waals surface area (Å²) in [6.45, 7) is 0.566. The molecular weight excluding hydrogens is 400 g/mol. The molecule has 10 heteroatoms. The Hall–Kier alpha value is -3.11. The van der Waals surface area contributed by atoms with E-state index in [4.69, 9.17) is 4.74 Å². The number of likely N-dealkylation sites (N-methyl/N-ethyl adjacent to an activating group) is 1. The highest BCUT2D eigenvalue weighted by Crippen LogP contribution is 2.30. The number of halogens is 2.